The minimum atomic E-state index is -1.06. The molecule has 0 radical (unpaired) electrons. The molecule has 1 nitrogen and oxygen atoms in total. The van der Waals surface area contributed by atoms with Gasteiger partial charge in [-0.05, 0) is 39.1 Å². The van der Waals surface area contributed by atoms with Gasteiger partial charge in [-0.3, -0.25) is 0 Å². The van der Waals surface area contributed by atoms with E-state index in [1.807, 2.05) is 13.8 Å². The fourth-order valence-electron chi connectivity index (χ4n) is 3.40. The van der Waals surface area contributed by atoms with Crippen molar-refractivity contribution in [2.45, 2.75) is 116 Å². The van der Waals surface area contributed by atoms with Crippen LogP contribution in [0.5, 0.6) is 0 Å². The van der Waals surface area contributed by atoms with Crippen molar-refractivity contribution in [2.75, 3.05) is 6.54 Å². The minimum absolute atomic E-state index is 0. The zero-order valence-electron chi connectivity index (χ0n) is 17.4. The van der Waals surface area contributed by atoms with Crippen molar-refractivity contribution in [3.63, 3.8) is 0 Å². The lowest BCUT2D eigenvalue weighted by atomic mass is 9.92. The Kier molecular flexibility index (Phi) is 11.5. The highest BCUT2D eigenvalue weighted by Crippen LogP contribution is 2.27. The Bertz CT molecular complexity index is 308. The first-order chi connectivity index (χ1) is 10.9. The summed E-state index contributed by atoms with van der Waals surface area (Å²) in [5.41, 5.74) is -0.366. The van der Waals surface area contributed by atoms with Crippen molar-refractivity contribution in [1.82, 2.24) is 5.32 Å². The third-order valence-electron chi connectivity index (χ3n) is 4.76. The van der Waals surface area contributed by atoms with Gasteiger partial charge in [0.25, 0.3) is 0 Å². The van der Waals surface area contributed by atoms with E-state index in [0.29, 0.717) is 0 Å². The molecule has 0 bridgehead atoms. The van der Waals surface area contributed by atoms with Crippen molar-refractivity contribution < 1.29 is 2.74 Å². The van der Waals surface area contributed by atoms with Crippen LogP contribution in [0.25, 0.3) is 0 Å². The first kappa shape index (κ1) is 18.6. The SMILES string of the molecule is Cl.[2H]C1([2H])[C@H](CCCCCCCCCCCCCC)CNC1(C)C. The van der Waals surface area contributed by atoms with E-state index in [1.165, 1.54) is 77.0 Å². The van der Waals surface area contributed by atoms with E-state index in [-0.39, 0.29) is 23.9 Å². The molecule has 22 heavy (non-hydrogen) atoms. The number of hydrogen-bond acceptors (Lipinski definition) is 1. The lowest BCUT2D eigenvalue weighted by Gasteiger charge is -2.17. The average molecular weight is 334 g/mol. The van der Waals surface area contributed by atoms with Crippen molar-refractivity contribution >= 4 is 12.4 Å². The smallest absolute Gasteiger partial charge is 0.0289 e. The van der Waals surface area contributed by atoms with Crippen LogP contribution in [0, 0.1) is 5.92 Å². The molecule has 1 saturated heterocycles. The number of rotatable bonds is 13. The highest BCUT2D eigenvalue weighted by atomic mass is 35.5. The zero-order valence-corrected chi connectivity index (χ0v) is 16.2. The van der Waals surface area contributed by atoms with Crippen molar-refractivity contribution in [3.05, 3.63) is 0 Å². The Morgan fingerprint density at radius 1 is 0.864 bits per heavy atom. The third-order valence-corrected chi connectivity index (χ3v) is 4.76. The Balaban J connectivity index is 0.00000529. The van der Waals surface area contributed by atoms with Gasteiger partial charge in [-0.25, -0.2) is 0 Å². The molecule has 0 spiro atoms. The molecule has 1 atom stereocenters. The summed E-state index contributed by atoms with van der Waals surface area (Å²) in [6.07, 6.45) is 16.4. The molecule has 1 aliphatic rings. The number of hydrogen-bond donors (Lipinski definition) is 1. The van der Waals surface area contributed by atoms with Gasteiger partial charge in [0.2, 0.25) is 0 Å². The first-order valence-corrected chi connectivity index (χ1v) is 9.67. The van der Waals surface area contributed by atoms with Crippen LogP contribution >= 0.6 is 12.4 Å². The van der Waals surface area contributed by atoms with E-state index < -0.39 is 6.37 Å². The number of unbranched alkanes of at least 4 members (excludes halogenated alkanes) is 11. The fourth-order valence-corrected chi connectivity index (χ4v) is 3.40. The van der Waals surface area contributed by atoms with Crippen LogP contribution in [-0.4, -0.2) is 12.1 Å². The largest absolute Gasteiger partial charge is 0.312 e. The summed E-state index contributed by atoms with van der Waals surface area (Å²) >= 11 is 0. The Morgan fingerprint density at radius 2 is 1.32 bits per heavy atom. The summed E-state index contributed by atoms with van der Waals surface area (Å²) in [5, 5.41) is 3.35. The fraction of sp³-hybridized carbons (Fsp3) is 1.00. The van der Waals surface area contributed by atoms with Gasteiger partial charge in [-0.2, -0.15) is 0 Å². The van der Waals surface area contributed by atoms with Gasteiger partial charge in [-0.1, -0.05) is 84.0 Å². The molecule has 1 N–H and O–H groups in total. The van der Waals surface area contributed by atoms with Crippen LogP contribution in [0.2, 0.25) is 0 Å². The summed E-state index contributed by atoms with van der Waals surface area (Å²) in [6, 6.07) is 0. The van der Waals surface area contributed by atoms with Crippen LogP contribution in [0.3, 0.4) is 0 Å². The lowest BCUT2D eigenvalue weighted by Crippen LogP contribution is -2.31. The second-order valence-corrected chi connectivity index (χ2v) is 7.52. The van der Waals surface area contributed by atoms with Gasteiger partial charge < -0.3 is 5.32 Å². The topological polar surface area (TPSA) is 12.0 Å². The van der Waals surface area contributed by atoms with Crippen LogP contribution in [0.4, 0.5) is 0 Å². The predicted octanol–water partition coefficient (Wildman–Crippen LogP) is 6.89. The average Bonchev–Trinajstić information content (AvgIpc) is 2.70. The molecule has 1 aliphatic heterocycles. The maximum absolute atomic E-state index is 8.30. The molecule has 0 aromatic carbocycles. The maximum atomic E-state index is 8.30. The van der Waals surface area contributed by atoms with E-state index in [2.05, 4.69) is 12.2 Å². The highest BCUT2D eigenvalue weighted by Gasteiger charge is 2.29. The standard InChI is InChI=1S/C20H41N.ClH/c1-4-5-6-7-8-9-10-11-12-13-14-15-16-19-17-20(2,3)21-18-19;/h19,21H,4-18H2,1-3H3;1H/t19-;/m0./s1/i17D2;. The van der Waals surface area contributed by atoms with E-state index in [9.17, 15) is 0 Å². The Hall–Kier alpha value is 0.250. The summed E-state index contributed by atoms with van der Waals surface area (Å²) in [5.74, 6) is 0.195. The van der Waals surface area contributed by atoms with Gasteiger partial charge >= 0.3 is 0 Å². The lowest BCUT2D eigenvalue weighted by molar-refractivity contribution is 0.422. The molecule has 0 amide bonds. The van der Waals surface area contributed by atoms with E-state index in [4.69, 9.17) is 2.74 Å². The van der Waals surface area contributed by atoms with Crippen molar-refractivity contribution in [1.29, 1.82) is 0 Å². The molecule has 0 aliphatic carbocycles. The van der Waals surface area contributed by atoms with Crippen molar-refractivity contribution in [3.8, 4) is 0 Å². The monoisotopic (exact) mass is 333 g/mol. The second kappa shape index (κ2) is 13.7. The van der Waals surface area contributed by atoms with Crippen LogP contribution in [-0.2, 0) is 0 Å². The molecule has 1 heterocycles. The molecule has 0 aromatic rings. The summed E-state index contributed by atoms with van der Waals surface area (Å²) in [7, 11) is 0. The second-order valence-electron chi connectivity index (χ2n) is 7.52. The van der Waals surface area contributed by atoms with Gasteiger partial charge in [-0.15, -0.1) is 12.4 Å². The normalized spacial score (nSPS) is 23.7. The van der Waals surface area contributed by atoms with Crippen LogP contribution in [0.1, 0.15) is 113 Å². The molecule has 1 rings (SSSR count). The molecule has 2 heteroatoms. The summed E-state index contributed by atoms with van der Waals surface area (Å²) in [4.78, 5) is 0. The van der Waals surface area contributed by atoms with Crippen LogP contribution < -0.4 is 5.32 Å². The molecular formula is C20H42ClN. The van der Waals surface area contributed by atoms with Crippen LogP contribution in [0.15, 0.2) is 0 Å². The third kappa shape index (κ3) is 11.8. The zero-order chi connectivity index (χ0) is 17.2. The molecule has 134 valence electrons. The first-order valence-electron chi connectivity index (χ1n) is 10.7. The predicted molar refractivity (Wildman–Crippen MR) is 103 cm³/mol. The minimum Gasteiger partial charge on any atom is -0.312 e. The molecule has 0 aromatic heterocycles. The summed E-state index contributed by atoms with van der Waals surface area (Å²) < 4.78 is 16.6. The van der Waals surface area contributed by atoms with Gasteiger partial charge in [0.1, 0.15) is 0 Å². The molecule has 1 fully saturated rings. The van der Waals surface area contributed by atoms with E-state index in [0.717, 1.165) is 13.0 Å². The molecular weight excluding hydrogens is 290 g/mol. The number of halogens is 1. The summed E-state index contributed by atoms with van der Waals surface area (Å²) in [6.45, 7) is 7.11. The number of nitrogens with one attached hydrogen (secondary N) is 1. The van der Waals surface area contributed by atoms with Gasteiger partial charge in [0.15, 0.2) is 0 Å². The maximum Gasteiger partial charge on any atom is 0.0289 e. The van der Waals surface area contributed by atoms with E-state index >= 15 is 0 Å². The Morgan fingerprint density at radius 3 is 1.73 bits per heavy atom. The van der Waals surface area contributed by atoms with E-state index in [1.54, 1.807) is 0 Å². The molecule has 0 saturated carbocycles. The quantitative estimate of drug-likeness (QED) is 0.362. The van der Waals surface area contributed by atoms with Gasteiger partial charge in [0, 0.05) is 8.28 Å². The Labute approximate surface area is 149 Å². The molecule has 0 unspecified atom stereocenters. The highest BCUT2D eigenvalue weighted by molar-refractivity contribution is 5.85. The van der Waals surface area contributed by atoms with Crippen molar-refractivity contribution in [2.24, 2.45) is 5.92 Å². The van der Waals surface area contributed by atoms with Gasteiger partial charge in [0.05, 0.1) is 0 Å².